The summed E-state index contributed by atoms with van der Waals surface area (Å²) in [5.74, 6) is -1.05. The van der Waals surface area contributed by atoms with Crippen molar-refractivity contribution >= 4 is 16.0 Å². The van der Waals surface area contributed by atoms with Gasteiger partial charge in [-0.05, 0) is 31.1 Å². The summed E-state index contributed by atoms with van der Waals surface area (Å²) in [6.45, 7) is 1.88. The van der Waals surface area contributed by atoms with Crippen molar-refractivity contribution in [2.45, 2.75) is 43.9 Å². The lowest BCUT2D eigenvalue weighted by Crippen LogP contribution is -2.46. The maximum atomic E-state index is 12.4. The van der Waals surface area contributed by atoms with Crippen molar-refractivity contribution < 1.29 is 18.3 Å². The van der Waals surface area contributed by atoms with Crippen LogP contribution < -0.4 is 0 Å². The molecule has 4 unspecified atom stereocenters. The molecule has 1 aliphatic carbocycles. The number of carboxylic acid groups (broad SMARTS) is 1. The largest absolute Gasteiger partial charge is 0.480 e. The fourth-order valence-electron chi connectivity index (χ4n) is 3.37. The fraction of sp³-hybridized carbons (Fsp3) is 0.833. The highest BCUT2D eigenvalue weighted by Gasteiger charge is 2.53. The smallest absolute Gasteiger partial charge is 0.322 e. The van der Waals surface area contributed by atoms with Crippen LogP contribution in [0.15, 0.2) is 0 Å². The number of sulfonamides is 1. The van der Waals surface area contributed by atoms with Gasteiger partial charge >= 0.3 is 5.97 Å². The van der Waals surface area contributed by atoms with Crippen molar-refractivity contribution in [3.05, 3.63) is 0 Å². The van der Waals surface area contributed by atoms with Crippen LogP contribution in [0.2, 0.25) is 0 Å². The number of aliphatic carboxylic acids is 1. The predicted molar refractivity (Wildman–Crippen MR) is 67.6 cm³/mol. The van der Waals surface area contributed by atoms with Gasteiger partial charge in [-0.2, -0.15) is 9.57 Å². The Morgan fingerprint density at radius 1 is 1.53 bits per heavy atom. The Morgan fingerprint density at radius 3 is 2.74 bits per heavy atom. The standard InChI is InChI=1S/C12H18N2O4S/c1-2-9(6-13)19(17,18)14-7-8-4-3-5-10(8)11(14)12(15)16/h8-11H,2-5,7H2,1H3,(H,15,16). The number of hydrogen-bond donors (Lipinski definition) is 1. The lowest BCUT2D eigenvalue weighted by molar-refractivity contribution is -0.142. The van der Waals surface area contributed by atoms with Crippen LogP contribution in [0.25, 0.3) is 0 Å². The second kappa shape index (κ2) is 5.10. The molecule has 2 rings (SSSR count). The Hall–Kier alpha value is -1.13. The summed E-state index contributed by atoms with van der Waals surface area (Å²) < 4.78 is 25.8. The first kappa shape index (κ1) is 14.3. The summed E-state index contributed by atoms with van der Waals surface area (Å²) in [4.78, 5) is 11.4. The lowest BCUT2D eigenvalue weighted by atomic mass is 9.94. The number of fused-ring (bicyclic) bond motifs is 1. The molecule has 1 saturated carbocycles. The van der Waals surface area contributed by atoms with Crippen LogP contribution in [0.1, 0.15) is 32.6 Å². The van der Waals surface area contributed by atoms with Gasteiger partial charge in [0.25, 0.3) is 0 Å². The number of rotatable bonds is 4. The zero-order valence-corrected chi connectivity index (χ0v) is 11.6. The van der Waals surface area contributed by atoms with Crippen molar-refractivity contribution in [2.75, 3.05) is 6.54 Å². The monoisotopic (exact) mass is 286 g/mol. The number of carbonyl (C=O) groups is 1. The van der Waals surface area contributed by atoms with Crippen LogP contribution >= 0.6 is 0 Å². The van der Waals surface area contributed by atoms with E-state index in [1.54, 1.807) is 13.0 Å². The maximum Gasteiger partial charge on any atom is 0.322 e. The van der Waals surface area contributed by atoms with Crippen LogP contribution in [0, 0.1) is 23.2 Å². The van der Waals surface area contributed by atoms with E-state index in [-0.39, 0.29) is 24.8 Å². The summed E-state index contributed by atoms with van der Waals surface area (Å²) in [6, 6.07) is 0.785. The molecular weight excluding hydrogens is 268 g/mol. The molecule has 0 aromatic rings. The summed E-state index contributed by atoms with van der Waals surface area (Å²) in [5, 5.41) is 17.1. The maximum absolute atomic E-state index is 12.4. The molecule has 1 saturated heterocycles. The molecule has 0 bridgehead atoms. The Morgan fingerprint density at radius 2 is 2.21 bits per heavy atom. The summed E-state index contributed by atoms with van der Waals surface area (Å²) in [7, 11) is -3.85. The van der Waals surface area contributed by atoms with Crippen LogP contribution in [-0.4, -0.2) is 41.6 Å². The molecule has 4 atom stereocenters. The molecule has 106 valence electrons. The molecule has 1 heterocycles. The van der Waals surface area contributed by atoms with E-state index in [4.69, 9.17) is 5.26 Å². The van der Waals surface area contributed by atoms with Gasteiger partial charge < -0.3 is 5.11 Å². The molecule has 19 heavy (non-hydrogen) atoms. The number of nitriles is 1. The Labute approximate surface area is 113 Å². The van der Waals surface area contributed by atoms with Crippen LogP contribution in [0.3, 0.4) is 0 Å². The quantitative estimate of drug-likeness (QED) is 0.824. The zero-order valence-electron chi connectivity index (χ0n) is 10.8. The van der Waals surface area contributed by atoms with Gasteiger partial charge in [0.1, 0.15) is 6.04 Å². The molecule has 2 aliphatic rings. The van der Waals surface area contributed by atoms with Gasteiger partial charge in [-0.3, -0.25) is 4.79 Å². The first-order chi connectivity index (χ1) is 8.93. The van der Waals surface area contributed by atoms with Crippen LogP contribution in [-0.2, 0) is 14.8 Å². The van der Waals surface area contributed by atoms with Crippen molar-refractivity contribution in [3.63, 3.8) is 0 Å². The van der Waals surface area contributed by atoms with Gasteiger partial charge in [0.05, 0.1) is 6.07 Å². The van der Waals surface area contributed by atoms with Crippen molar-refractivity contribution in [1.29, 1.82) is 5.26 Å². The topological polar surface area (TPSA) is 98.5 Å². The van der Waals surface area contributed by atoms with Gasteiger partial charge in [-0.25, -0.2) is 8.42 Å². The highest BCUT2D eigenvalue weighted by Crippen LogP contribution is 2.43. The van der Waals surface area contributed by atoms with E-state index in [9.17, 15) is 18.3 Å². The Kier molecular flexibility index (Phi) is 3.83. The molecule has 1 aliphatic heterocycles. The highest BCUT2D eigenvalue weighted by molar-refractivity contribution is 7.90. The minimum Gasteiger partial charge on any atom is -0.480 e. The van der Waals surface area contributed by atoms with E-state index >= 15 is 0 Å². The minimum absolute atomic E-state index is 0.0940. The van der Waals surface area contributed by atoms with Crippen molar-refractivity contribution in [3.8, 4) is 6.07 Å². The molecular formula is C12H18N2O4S. The average Bonchev–Trinajstić information content (AvgIpc) is 2.88. The van der Waals surface area contributed by atoms with Gasteiger partial charge in [0.2, 0.25) is 10.0 Å². The van der Waals surface area contributed by atoms with E-state index in [0.717, 1.165) is 23.6 Å². The molecule has 6 nitrogen and oxygen atoms in total. The van der Waals surface area contributed by atoms with Crippen LogP contribution in [0.4, 0.5) is 0 Å². The Bertz CT molecular complexity index is 510. The number of hydrogen-bond acceptors (Lipinski definition) is 4. The van der Waals surface area contributed by atoms with Crippen LogP contribution in [0.5, 0.6) is 0 Å². The van der Waals surface area contributed by atoms with Gasteiger partial charge in [-0.15, -0.1) is 0 Å². The second-order valence-electron chi connectivity index (χ2n) is 5.28. The molecule has 0 amide bonds. The first-order valence-electron chi connectivity index (χ1n) is 6.56. The van der Waals surface area contributed by atoms with Gasteiger partial charge in [0, 0.05) is 6.54 Å². The molecule has 0 aromatic carbocycles. The summed E-state index contributed by atoms with van der Waals surface area (Å²) >= 11 is 0. The molecule has 0 aromatic heterocycles. The number of carboxylic acids is 1. The van der Waals surface area contributed by atoms with E-state index < -0.39 is 27.3 Å². The molecule has 0 radical (unpaired) electrons. The summed E-state index contributed by atoms with van der Waals surface area (Å²) in [5.41, 5.74) is 0. The third kappa shape index (κ3) is 2.23. The average molecular weight is 286 g/mol. The van der Waals surface area contributed by atoms with E-state index in [1.807, 2.05) is 0 Å². The predicted octanol–water partition coefficient (Wildman–Crippen LogP) is 0.803. The first-order valence-corrected chi connectivity index (χ1v) is 8.06. The van der Waals surface area contributed by atoms with Gasteiger partial charge in [0.15, 0.2) is 5.25 Å². The zero-order chi connectivity index (χ0) is 14.2. The SMILES string of the molecule is CCC(C#N)S(=O)(=O)N1CC2CCCC2C1C(=O)O. The van der Waals surface area contributed by atoms with Crippen molar-refractivity contribution in [1.82, 2.24) is 4.31 Å². The molecule has 1 N–H and O–H groups in total. The number of nitrogens with zero attached hydrogens (tertiary/aromatic N) is 2. The highest BCUT2D eigenvalue weighted by atomic mass is 32.2. The fourth-order valence-corrected chi connectivity index (χ4v) is 5.21. The molecule has 7 heteroatoms. The molecule has 0 spiro atoms. The summed E-state index contributed by atoms with van der Waals surface area (Å²) in [6.07, 6.45) is 2.78. The van der Waals surface area contributed by atoms with Gasteiger partial charge in [-0.1, -0.05) is 13.3 Å². The lowest BCUT2D eigenvalue weighted by Gasteiger charge is -2.25. The van der Waals surface area contributed by atoms with Crippen molar-refractivity contribution in [2.24, 2.45) is 11.8 Å². The minimum atomic E-state index is -3.85. The molecule has 2 fully saturated rings. The second-order valence-corrected chi connectivity index (χ2v) is 7.35. The van der Waals surface area contributed by atoms with E-state index in [2.05, 4.69) is 0 Å². The third-order valence-electron chi connectivity index (χ3n) is 4.30. The van der Waals surface area contributed by atoms with E-state index in [1.165, 1.54) is 0 Å². The van der Waals surface area contributed by atoms with E-state index in [0.29, 0.717) is 0 Å². The third-order valence-corrected chi connectivity index (χ3v) is 6.49. The normalized spacial score (nSPS) is 32.7. The Balaban J connectivity index is 2.34.